The number of amides is 1. The highest BCUT2D eigenvalue weighted by Gasteiger charge is 2.29. The maximum absolute atomic E-state index is 12.4. The third-order valence-corrected chi connectivity index (χ3v) is 6.19. The minimum Gasteiger partial charge on any atom is -0.363 e. The van der Waals surface area contributed by atoms with Crippen LogP contribution in [0.25, 0.3) is 0 Å². The summed E-state index contributed by atoms with van der Waals surface area (Å²) in [6, 6.07) is 3.34. The smallest absolute Gasteiger partial charge is 0.251 e. The van der Waals surface area contributed by atoms with Gasteiger partial charge in [-0.15, -0.1) is 0 Å². The van der Waals surface area contributed by atoms with Crippen molar-refractivity contribution in [2.45, 2.75) is 32.2 Å². The van der Waals surface area contributed by atoms with Crippen LogP contribution in [-0.2, 0) is 10.0 Å². The molecule has 24 heavy (non-hydrogen) atoms. The summed E-state index contributed by atoms with van der Waals surface area (Å²) in [7, 11) is 0.353. The topological polar surface area (TPSA) is 82.6 Å². The minimum atomic E-state index is -3.33. The number of nitrogens with one attached hydrogen (secondary N) is 1. The van der Waals surface area contributed by atoms with E-state index in [2.05, 4.69) is 10.3 Å². The molecular formula is C16H26N4O3S. The van der Waals surface area contributed by atoms with Crippen LogP contribution in [0, 0.1) is 0 Å². The first kappa shape index (κ1) is 18.7. The summed E-state index contributed by atoms with van der Waals surface area (Å²) in [4.78, 5) is 18.1. The first-order valence-corrected chi connectivity index (χ1v) is 9.83. The summed E-state index contributed by atoms with van der Waals surface area (Å²) in [5.41, 5.74) is 0.470. The molecule has 8 heteroatoms. The molecule has 134 valence electrons. The van der Waals surface area contributed by atoms with Crippen molar-refractivity contribution in [3.05, 3.63) is 23.9 Å². The number of carbonyl (C=O) groups excluding carboxylic acids is 1. The van der Waals surface area contributed by atoms with Crippen LogP contribution in [0.3, 0.4) is 0 Å². The standard InChI is InChI=1S/C16H26N4O3S/c1-13-6-4-5-10-20(13)24(22,23)11-9-18-16(21)14-7-8-17-15(12-14)19(2)3/h7-8,12-13H,4-6,9-11H2,1-3H3,(H,18,21)/t13-/m0/s1. The molecule has 1 amide bonds. The molecule has 0 spiro atoms. The van der Waals surface area contributed by atoms with Gasteiger partial charge in [-0.3, -0.25) is 4.79 Å². The van der Waals surface area contributed by atoms with Crippen molar-refractivity contribution in [2.24, 2.45) is 0 Å². The summed E-state index contributed by atoms with van der Waals surface area (Å²) in [5.74, 6) is 0.314. The molecule has 1 aromatic rings. The third kappa shape index (κ3) is 4.67. The van der Waals surface area contributed by atoms with E-state index in [0.717, 1.165) is 19.3 Å². The number of sulfonamides is 1. The van der Waals surface area contributed by atoms with Gasteiger partial charge in [0.05, 0.1) is 5.75 Å². The van der Waals surface area contributed by atoms with Crippen molar-refractivity contribution < 1.29 is 13.2 Å². The normalized spacial score (nSPS) is 19.0. The lowest BCUT2D eigenvalue weighted by Crippen LogP contribution is -2.45. The van der Waals surface area contributed by atoms with Crippen LogP contribution in [0.4, 0.5) is 5.82 Å². The molecule has 1 fully saturated rings. The van der Waals surface area contributed by atoms with Crippen molar-refractivity contribution in [3.8, 4) is 0 Å². The van der Waals surface area contributed by atoms with Crippen LogP contribution < -0.4 is 10.2 Å². The van der Waals surface area contributed by atoms with E-state index in [1.807, 2.05) is 21.0 Å². The van der Waals surface area contributed by atoms with Crippen molar-refractivity contribution in [3.63, 3.8) is 0 Å². The van der Waals surface area contributed by atoms with E-state index < -0.39 is 10.0 Å². The number of piperidine rings is 1. The molecular weight excluding hydrogens is 328 g/mol. The van der Waals surface area contributed by atoms with E-state index in [1.165, 1.54) is 0 Å². The van der Waals surface area contributed by atoms with Gasteiger partial charge in [-0.2, -0.15) is 4.31 Å². The molecule has 2 heterocycles. The quantitative estimate of drug-likeness (QED) is 0.827. The van der Waals surface area contributed by atoms with Crippen molar-refractivity contribution in [1.82, 2.24) is 14.6 Å². The number of pyridine rings is 1. The summed E-state index contributed by atoms with van der Waals surface area (Å²) in [6.45, 7) is 2.62. The van der Waals surface area contributed by atoms with E-state index in [4.69, 9.17) is 0 Å². The number of aromatic nitrogens is 1. The molecule has 1 atom stereocenters. The van der Waals surface area contributed by atoms with Crippen LogP contribution in [0.5, 0.6) is 0 Å². The minimum absolute atomic E-state index is 0.0438. The number of carbonyl (C=O) groups is 1. The Morgan fingerprint density at radius 1 is 1.42 bits per heavy atom. The van der Waals surface area contributed by atoms with Gasteiger partial charge in [0.1, 0.15) is 5.82 Å². The van der Waals surface area contributed by atoms with Gasteiger partial charge in [0.25, 0.3) is 5.91 Å². The predicted octanol–water partition coefficient (Wildman–Crippen LogP) is 1.08. The average Bonchev–Trinajstić information content (AvgIpc) is 2.55. The van der Waals surface area contributed by atoms with Gasteiger partial charge < -0.3 is 10.2 Å². The van der Waals surface area contributed by atoms with Gasteiger partial charge >= 0.3 is 0 Å². The monoisotopic (exact) mass is 354 g/mol. The number of anilines is 1. The highest BCUT2D eigenvalue weighted by atomic mass is 32.2. The fourth-order valence-corrected chi connectivity index (χ4v) is 4.46. The first-order valence-electron chi connectivity index (χ1n) is 8.22. The molecule has 0 aromatic carbocycles. The molecule has 0 saturated carbocycles. The van der Waals surface area contributed by atoms with Crippen molar-refractivity contribution in [1.29, 1.82) is 0 Å². The Hall–Kier alpha value is -1.67. The van der Waals surface area contributed by atoms with E-state index in [-0.39, 0.29) is 24.2 Å². The number of rotatable bonds is 6. The Bertz CT molecular complexity index is 676. The van der Waals surface area contributed by atoms with Crippen molar-refractivity contribution >= 4 is 21.7 Å². The zero-order chi connectivity index (χ0) is 17.7. The summed E-state index contributed by atoms with van der Waals surface area (Å²) in [5, 5.41) is 2.68. The van der Waals surface area contributed by atoms with Gasteiger partial charge in [0, 0.05) is 45.0 Å². The second-order valence-electron chi connectivity index (χ2n) is 6.32. The van der Waals surface area contributed by atoms with E-state index in [9.17, 15) is 13.2 Å². The third-order valence-electron chi connectivity index (χ3n) is 4.21. The predicted molar refractivity (Wildman–Crippen MR) is 94.7 cm³/mol. The van der Waals surface area contributed by atoms with E-state index in [1.54, 1.807) is 27.5 Å². The zero-order valence-corrected chi connectivity index (χ0v) is 15.3. The first-order chi connectivity index (χ1) is 11.3. The summed E-state index contributed by atoms with van der Waals surface area (Å²) in [6.07, 6.45) is 4.44. The Morgan fingerprint density at radius 3 is 2.83 bits per heavy atom. The van der Waals surface area contributed by atoms with E-state index >= 15 is 0 Å². The number of hydrogen-bond donors (Lipinski definition) is 1. The fraction of sp³-hybridized carbons (Fsp3) is 0.625. The summed E-state index contributed by atoms with van der Waals surface area (Å²) < 4.78 is 26.4. The molecule has 1 saturated heterocycles. The Kier molecular flexibility index (Phi) is 6.17. The highest BCUT2D eigenvalue weighted by Crippen LogP contribution is 2.20. The highest BCUT2D eigenvalue weighted by molar-refractivity contribution is 7.89. The van der Waals surface area contributed by atoms with E-state index in [0.29, 0.717) is 17.9 Å². The average molecular weight is 354 g/mol. The van der Waals surface area contributed by atoms with Crippen LogP contribution in [-0.4, -0.2) is 62.6 Å². The molecule has 1 aliphatic heterocycles. The molecule has 1 N–H and O–H groups in total. The van der Waals surface area contributed by atoms with Gasteiger partial charge in [0.15, 0.2) is 0 Å². The summed E-state index contributed by atoms with van der Waals surface area (Å²) >= 11 is 0. The molecule has 1 aromatic heterocycles. The lowest BCUT2D eigenvalue weighted by Gasteiger charge is -2.32. The van der Waals surface area contributed by atoms with Crippen LogP contribution in [0.15, 0.2) is 18.3 Å². The SMILES string of the molecule is C[C@H]1CCCCN1S(=O)(=O)CCNC(=O)c1ccnc(N(C)C)c1. The molecule has 0 unspecified atom stereocenters. The van der Waals surface area contributed by atoms with Gasteiger partial charge in [-0.1, -0.05) is 6.42 Å². The maximum Gasteiger partial charge on any atom is 0.251 e. The Labute approximate surface area is 144 Å². The molecule has 1 aliphatic rings. The lowest BCUT2D eigenvalue weighted by molar-refractivity contribution is 0.0956. The molecule has 0 bridgehead atoms. The zero-order valence-electron chi connectivity index (χ0n) is 14.5. The van der Waals surface area contributed by atoms with Gasteiger partial charge in [0.2, 0.25) is 10.0 Å². The lowest BCUT2D eigenvalue weighted by atomic mass is 10.1. The fourth-order valence-electron chi connectivity index (χ4n) is 2.80. The molecule has 2 rings (SSSR count). The second-order valence-corrected chi connectivity index (χ2v) is 8.37. The second kappa shape index (κ2) is 7.94. The van der Waals surface area contributed by atoms with Crippen LogP contribution in [0.2, 0.25) is 0 Å². The van der Waals surface area contributed by atoms with Crippen molar-refractivity contribution in [2.75, 3.05) is 37.8 Å². The number of hydrogen-bond acceptors (Lipinski definition) is 5. The Balaban J connectivity index is 1.91. The van der Waals surface area contributed by atoms with Gasteiger partial charge in [-0.25, -0.2) is 13.4 Å². The van der Waals surface area contributed by atoms with Gasteiger partial charge in [-0.05, 0) is 31.9 Å². The molecule has 7 nitrogen and oxygen atoms in total. The van der Waals surface area contributed by atoms with Crippen LogP contribution in [0.1, 0.15) is 36.5 Å². The molecule has 0 aliphatic carbocycles. The molecule has 0 radical (unpaired) electrons. The van der Waals surface area contributed by atoms with Crippen LogP contribution >= 0.6 is 0 Å². The Morgan fingerprint density at radius 2 is 2.17 bits per heavy atom. The largest absolute Gasteiger partial charge is 0.363 e. The number of nitrogens with zero attached hydrogens (tertiary/aromatic N) is 3. The maximum atomic E-state index is 12.4.